The molecule has 0 aliphatic carbocycles. The number of anilines is 1. The number of hydrogen-bond donors (Lipinski definition) is 3. The number of rotatable bonds is 8. The summed E-state index contributed by atoms with van der Waals surface area (Å²) in [5.74, 6) is -0.126. The molecule has 0 spiro atoms. The minimum Gasteiger partial charge on any atom is -0.356 e. The Morgan fingerprint density at radius 2 is 1.75 bits per heavy atom. The van der Waals surface area contributed by atoms with Gasteiger partial charge in [0.25, 0.3) is 0 Å². The van der Waals surface area contributed by atoms with Crippen LogP contribution >= 0.6 is 11.3 Å². The van der Waals surface area contributed by atoms with Crippen LogP contribution in [0.1, 0.15) is 31.0 Å². The fourth-order valence-electron chi connectivity index (χ4n) is 2.79. The van der Waals surface area contributed by atoms with E-state index in [1.807, 2.05) is 0 Å². The summed E-state index contributed by atoms with van der Waals surface area (Å²) in [4.78, 5) is 26.5. The van der Waals surface area contributed by atoms with Crippen molar-refractivity contribution in [3.63, 3.8) is 0 Å². The zero-order chi connectivity index (χ0) is 24.1. The molecule has 0 radical (unpaired) electrons. The van der Waals surface area contributed by atoms with Crippen LogP contribution in [0.25, 0.3) is 10.4 Å². The molecule has 13 heteroatoms. The number of aromatic nitrogens is 1. The number of hydrogen-bond acceptors (Lipinski definition) is 6. The molecule has 0 saturated heterocycles. The third-order valence-corrected chi connectivity index (χ3v) is 6.50. The van der Waals surface area contributed by atoms with Crippen LogP contribution in [0.5, 0.6) is 0 Å². The standard InChI is InChI=1S/C19H23F3N4O4S2/c1-11-16(13-6-7-15(32(3,29)30)14(10-13)19(20,21)22)31-18(25-11)26-17(28)24-9-5-4-8-23-12(2)27/h6-7,10H,4-5,8-9H2,1-3H3,(H,23,27)(H2,24,25,26,28). The number of benzene rings is 1. The highest BCUT2D eigenvalue weighted by atomic mass is 32.2. The molecule has 0 aliphatic heterocycles. The van der Waals surface area contributed by atoms with Crippen molar-refractivity contribution in [1.29, 1.82) is 0 Å². The van der Waals surface area contributed by atoms with Crippen LogP contribution in [0.15, 0.2) is 23.1 Å². The van der Waals surface area contributed by atoms with E-state index in [1.165, 1.54) is 13.0 Å². The summed E-state index contributed by atoms with van der Waals surface area (Å²) in [5.41, 5.74) is -0.719. The van der Waals surface area contributed by atoms with E-state index >= 15 is 0 Å². The largest absolute Gasteiger partial charge is 0.417 e. The Kier molecular flexibility index (Phi) is 8.24. The van der Waals surface area contributed by atoms with Gasteiger partial charge in [-0.2, -0.15) is 13.2 Å². The van der Waals surface area contributed by atoms with Crippen molar-refractivity contribution in [2.24, 2.45) is 0 Å². The van der Waals surface area contributed by atoms with E-state index in [4.69, 9.17) is 0 Å². The second kappa shape index (κ2) is 10.3. The Labute approximate surface area is 187 Å². The van der Waals surface area contributed by atoms with E-state index in [-0.39, 0.29) is 16.6 Å². The van der Waals surface area contributed by atoms with Gasteiger partial charge in [-0.1, -0.05) is 17.4 Å². The van der Waals surface area contributed by atoms with Crippen LogP contribution in [0.3, 0.4) is 0 Å². The maximum atomic E-state index is 13.4. The average molecular weight is 493 g/mol. The van der Waals surface area contributed by atoms with Crippen molar-refractivity contribution in [1.82, 2.24) is 15.6 Å². The summed E-state index contributed by atoms with van der Waals surface area (Å²) in [6, 6.07) is 2.46. The van der Waals surface area contributed by atoms with Gasteiger partial charge >= 0.3 is 12.2 Å². The minimum atomic E-state index is -4.85. The lowest BCUT2D eigenvalue weighted by Gasteiger charge is -2.13. The molecule has 0 aliphatic rings. The summed E-state index contributed by atoms with van der Waals surface area (Å²) in [6.45, 7) is 3.87. The van der Waals surface area contributed by atoms with Crippen LogP contribution in [0.2, 0.25) is 0 Å². The van der Waals surface area contributed by atoms with Crippen LogP contribution in [0, 0.1) is 6.92 Å². The summed E-state index contributed by atoms with van der Waals surface area (Å²) in [6.07, 6.45) is -2.81. The van der Waals surface area contributed by atoms with Crippen LogP contribution in [0.4, 0.5) is 23.1 Å². The predicted molar refractivity (Wildman–Crippen MR) is 115 cm³/mol. The molecule has 0 fully saturated rings. The van der Waals surface area contributed by atoms with E-state index in [0.29, 0.717) is 36.5 Å². The predicted octanol–water partition coefficient (Wildman–Crippen LogP) is 3.58. The Hall–Kier alpha value is -2.67. The number of carbonyl (C=O) groups is 2. The third kappa shape index (κ3) is 7.19. The zero-order valence-electron chi connectivity index (χ0n) is 17.6. The zero-order valence-corrected chi connectivity index (χ0v) is 19.2. The van der Waals surface area contributed by atoms with E-state index in [9.17, 15) is 31.2 Å². The number of nitrogens with zero attached hydrogens (tertiary/aromatic N) is 1. The molecular formula is C19H23F3N4O4S2. The van der Waals surface area contributed by atoms with Gasteiger partial charge < -0.3 is 10.6 Å². The topological polar surface area (TPSA) is 117 Å². The van der Waals surface area contributed by atoms with Crippen LogP contribution in [-0.4, -0.2) is 44.7 Å². The molecule has 2 aromatic rings. The molecule has 176 valence electrons. The molecule has 1 aromatic carbocycles. The molecule has 2 rings (SSSR count). The monoisotopic (exact) mass is 492 g/mol. The molecule has 0 unspecified atom stereocenters. The van der Waals surface area contributed by atoms with Crippen molar-refractivity contribution >= 4 is 38.2 Å². The molecule has 0 atom stereocenters. The first-order valence-corrected chi connectivity index (χ1v) is 12.2. The van der Waals surface area contributed by atoms with Gasteiger partial charge in [0.05, 0.1) is 21.0 Å². The maximum Gasteiger partial charge on any atom is 0.417 e. The van der Waals surface area contributed by atoms with Gasteiger partial charge in [-0.3, -0.25) is 10.1 Å². The van der Waals surface area contributed by atoms with Crippen molar-refractivity contribution in [3.05, 3.63) is 29.5 Å². The quantitative estimate of drug-likeness (QED) is 0.487. The number of halogens is 3. The van der Waals surface area contributed by atoms with Crippen molar-refractivity contribution < 1.29 is 31.2 Å². The van der Waals surface area contributed by atoms with E-state index in [2.05, 4.69) is 20.9 Å². The summed E-state index contributed by atoms with van der Waals surface area (Å²) >= 11 is 0.977. The van der Waals surface area contributed by atoms with Crippen molar-refractivity contribution in [2.75, 3.05) is 24.7 Å². The number of unbranched alkanes of at least 4 members (excludes halogenated alkanes) is 1. The third-order valence-electron chi connectivity index (χ3n) is 4.23. The highest BCUT2D eigenvalue weighted by Gasteiger charge is 2.36. The number of alkyl halides is 3. The number of sulfone groups is 1. The Balaban J connectivity index is 2.10. The SMILES string of the molecule is CC(=O)NCCCCNC(=O)Nc1nc(C)c(-c2ccc(S(C)(=O)=O)c(C(F)(F)F)c2)s1. The van der Waals surface area contributed by atoms with Gasteiger partial charge in [-0.05, 0) is 37.5 Å². The normalized spacial score (nSPS) is 11.8. The highest BCUT2D eigenvalue weighted by Crippen LogP contribution is 2.39. The van der Waals surface area contributed by atoms with E-state index < -0.39 is 32.5 Å². The lowest BCUT2D eigenvalue weighted by Crippen LogP contribution is -2.30. The summed E-state index contributed by atoms with van der Waals surface area (Å²) < 4.78 is 63.7. The molecule has 0 bridgehead atoms. The molecule has 0 saturated carbocycles. The van der Waals surface area contributed by atoms with Crippen LogP contribution < -0.4 is 16.0 Å². The maximum absolute atomic E-state index is 13.4. The van der Waals surface area contributed by atoms with Crippen molar-refractivity contribution in [2.45, 2.75) is 37.8 Å². The van der Waals surface area contributed by atoms with Crippen LogP contribution in [-0.2, 0) is 20.8 Å². The summed E-state index contributed by atoms with van der Waals surface area (Å²) in [7, 11) is -4.07. The molecule has 3 N–H and O–H groups in total. The molecule has 8 nitrogen and oxygen atoms in total. The number of thiazole rings is 1. The molecular weight excluding hydrogens is 469 g/mol. The average Bonchev–Trinajstić information content (AvgIpc) is 3.02. The Morgan fingerprint density at radius 3 is 2.31 bits per heavy atom. The Morgan fingerprint density at radius 1 is 1.12 bits per heavy atom. The fraction of sp³-hybridized carbons (Fsp3) is 0.421. The number of amides is 3. The van der Waals surface area contributed by atoms with Gasteiger partial charge in [-0.25, -0.2) is 18.2 Å². The molecule has 1 heterocycles. The number of urea groups is 1. The second-order valence-electron chi connectivity index (χ2n) is 6.99. The molecule has 3 amide bonds. The fourth-order valence-corrected chi connectivity index (χ4v) is 4.64. The second-order valence-corrected chi connectivity index (χ2v) is 9.97. The lowest BCUT2D eigenvalue weighted by molar-refractivity contribution is -0.139. The first kappa shape index (κ1) is 25.6. The van der Waals surface area contributed by atoms with Gasteiger partial charge in [0, 0.05) is 26.3 Å². The Bertz CT molecular complexity index is 1100. The van der Waals surface area contributed by atoms with Gasteiger partial charge in [0.2, 0.25) is 5.91 Å². The first-order valence-electron chi connectivity index (χ1n) is 9.47. The van der Waals surface area contributed by atoms with Gasteiger partial charge in [0.1, 0.15) is 0 Å². The number of carbonyl (C=O) groups excluding carboxylic acids is 2. The number of aryl methyl sites for hydroxylation is 1. The summed E-state index contributed by atoms with van der Waals surface area (Å²) in [5, 5.41) is 7.99. The van der Waals surface area contributed by atoms with Gasteiger partial charge in [0.15, 0.2) is 15.0 Å². The van der Waals surface area contributed by atoms with E-state index in [0.717, 1.165) is 29.7 Å². The molecule has 32 heavy (non-hydrogen) atoms. The smallest absolute Gasteiger partial charge is 0.356 e. The minimum absolute atomic E-state index is 0.126. The highest BCUT2D eigenvalue weighted by molar-refractivity contribution is 7.90. The van der Waals surface area contributed by atoms with Gasteiger partial charge in [-0.15, -0.1) is 0 Å². The van der Waals surface area contributed by atoms with Crippen molar-refractivity contribution in [3.8, 4) is 10.4 Å². The first-order chi connectivity index (χ1) is 14.8. The molecule has 1 aromatic heterocycles. The number of nitrogens with one attached hydrogen (secondary N) is 3. The van der Waals surface area contributed by atoms with E-state index in [1.54, 1.807) is 6.92 Å². The lowest BCUT2D eigenvalue weighted by atomic mass is 10.1.